The third-order valence-electron chi connectivity index (χ3n) is 1.88. The fourth-order valence-electron chi connectivity index (χ4n) is 1.04. The summed E-state index contributed by atoms with van der Waals surface area (Å²) in [6.45, 7) is 4.45. The molecule has 0 saturated carbocycles. The van der Waals surface area contributed by atoms with E-state index in [4.69, 9.17) is 5.73 Å². The molecule has 0 aromatic rings. The van der Waals surface area contributed by atoms with Crippen LogP contribution in [-0.2, 0) is 0 Å². The van der Waals surface area contributed by atoms with Gasteiger partial charge >= 0.3 is 0 Å². The maximum Gasteiger partial charge on any atom is 0.00692 e. The minimum atomic E-state index is 0.360. The number of hydrogen-bond acceptors (Lipinski definition) is 3. The van der Waals surface area contributed by atoms with E-state index in [1.807, 2.05) is 11.8 Å². The molecule has 12 heavy (non-hydrogen) atoms. The molecular formula is C9H22N2S. The van der Waals surface area contributed by atoms with Crippen molar-refractivity contribution in [3.05, 3.63) is 0 Å². The zero-order valence-corrected chi connectivity index (χ0v) is 9.36. The lowest BCUT2D eigenvalue weighted by atomic mass is 10.2. The Morgan fingerprint density at radius 3 is 2.58 bits per heavy atom. The number of rotatable bonds is 7. The highest BCUT2D eigenvalue weighted by Gasteiger charge is 1.98. The van der Waals surface area contributed by atoms with Gasteiger partial charge in [-0.25, -0.2) is 0 Å². The second-order valence-corrected chi connectivity index (χ2v) is 4.40. The van der Waals surface area contributed by atoms with Crippen LogP contribution in [0, 0.1) is 0 Å². The topological polar surface area (TPSA) is 29.3 Å². The minimum Gasteiger partial charge on any atom is -0.328 e. The summed E-state index contributed by atoms with van der Waals surface area (Å²) in [6.07, 6.45) is 4.52. The van der Waals surface area contributed by atoms with Crippen LogP contribution in [0.25, 0.3) is 0 Å². The quantitative estimate of drug-likeness (QED) is 0.658. The second-order valence-electron chi connectivity index (χ2n) is 3.42. The van der Waals surface area contributed by atoms with Gasteiger partial charge in [-0.15, -0.1) is 0 Å². The maximum absolute atomic E-state index is 5.66. The van der Waals surface area contributed by atoms with Gasteiger partial charge in [-0.3, -0.25) is 0 Å². The van der Waals surface area contributed by atoms with Gasteiger partial charge in [-0.05, 0) is 39.6 Å². The summed E-state index contributed by atoms with van der Waals surface area (Å²) in [5, 5.41) is 0. The van der Waals surface area contributed by atoms with Crippen molar-refractivity contribution in [1.29, 1.82) is 0 Å². The molecule has 0 radical (unpaired) electrons. The summed E-state index contributed by atoms with van der Waals surface area (Å²) < 4.78 is 0. The van der Waals surface area contributed by atoms with Gasteiger partial charge in [0.25, 0.3) is 0 Å². The Bertz CT molecular complexity index is 96.5. The Morgan fingerprint density at radius 2 is 2.08 bits per heavy atom. The highest BCUT2D eigenvalue weighted by molar-refractivity contribution is 7.98. The lowest BCUT2D eigenvalue weighted by Crippen LogP contribution is -2.24. The number of nitrogens with zero attached hydrogens (tertiary/aromatic N) is 1. The van der Waals surface area contributed by atoms with Crippen LogP contribution < -0.4 is 5.73 Å². The van der Waals surface area contributed by atoms with Crippen molar-refractivity contribution < 1.29 is 0 Å². The van der Waals surface area contributed by atoms with E-state index in [0.717, 1.165) is 6.42 Å². The summed E-state index contributed by atoms with van der Waals surface area (Å²) in [5.74, 6) is 1.23. The van der Waals surface area contributed by atoms with Crippen molar-refractivity contribution in [2.45, 2.75) is 25.8 Å². The SMILES string of the molecule is CSCCN(C)CCCC(C)N. The van der Waals surface area contributed by atoms with E-state index < -0.39 is 0 Å². The van der Waals surface area contributed by atoms with Crippen LogP contribution in [-0.4, -0.2) is 43.1 Å². The highest BCUT2D eigenvalue weighted by Crippen LogP contribution is 1.98. The summed E-state index contributed by atoms with van der Waals surface area (Å²) in [7, 11) is 2.18. The Balaban J connectivity index is 3.13. The summed E-state index contributed by atoms with van der Waals surface area (Å²) in [4.78, 5) is 2.37. The van der Waals surface area contributed by atoms with Crippen LogP contribution in [0.3, 0.4) is 0 Å². The van der Waals surface area contributed by atoms with Crippen molar-refractivity contribution in [1.82, 2.24) is 4.90 Å². The van der Waals surface area contributed by atoms with E-state index in [2.05, 4.69) is 25.1 Å². The Kier molecular flexibility index (Phi) is 8.07. The van der Waals surface area contributed by atoms with Crippen molar-refractivity contribution >= 4 is 11.8 Å². The third kappa shape index (κ3) is 8.37. The summed E-state index contributed by atoms with van der Waals surface area (Å²) >= 11 is 1.90. The standard InChI is InChI=1S/C9H22N2S/c1-9(10)5-4-6-11(2)7-8-12-3/h9H,4-8,10H2,1-3H3. The normalized spacial score (nSPS) is 13.8. The molecule has 0 aliphatic carbocycles. The molecule has 2 N–H and O–H groups in total. The fraction of sp³-hybridized carbons (Fsp3) is 1.00. The first kappa shape index (κ1) is 12.3. The largest absolute Gasteiger partial charge is 0.328 e. The Labute approximate surface area is 80.9 Å². The molecule has 74 valence electrons. The van der Waals surface area contributed by atoms with E-state index in [0.29, 0.717) is 6.04 Å². The first-order chi connectivity index (χ1) is 5.66. The molecule has 1 unspecified atom stereocenters. The second kappa shape index (κ2) is 7.90. The van der Waals surface area contributed by atoms with Crippen LogP contribution in [0.1, 0.15) is 19.8 Å². The third-order valence-corrected chi connectivity index (χ3v) is 2.47. The van der Waals surface area contributed by atoms with Gasteiger partial charge in [0, 0.05) is 18.3 Å². The van der Waals surface area contributed by atoms with Crippen LogP contribution in [0.5, 0.6) is 0 Å². The van der Waals surface area contributed by atoms with Crippen LogP contribution >= 0.6 is 11.8 Å². The maximum atomic E-state index is 5.66. The molecular weight excluding hydrogens is 168 g/mol. The van der Waals surface area contributed by atoms with Gasteiger partial charge < -0.3 is 10.6 Å². The van der Waals surface area contributed by atoms with E-state index in [1.54, 1.807) is 0 Å². The molecule has 3 heteroatoms. The van der Waals surface area contributed by atoms with Gasteiger partial charge in [0.1, 0.15) is 0 Å². The van der Waals surface area contributed by atoms with E-state index in [9.17, 15) is 0 Å². The molecule has 2 nitrogen and oxygen atoms in total. The molecule has 0 bridgehead atoms. The first-order valence-corrected chi connectivity index (χ1v) is 5.99. The Morgan fingerprint density at radius 1 is 1.42 bits per heavy atom. The molecule has 0 rings (SSSR count). The average molecular weight is 190 g/mol. The predicted molar refractivity (Wildman–Crippen MR) is 58.8 cm³/mol. The van der Waals surface area contributed by atoms with E-state index in [1.165, 1.54) is 25.3 Å². The number of thioether (sulfide) groups is 1. The van der Waals surface area contributed by atoms with Crippen molar-refractivity contribution in [3.8, 4) is 0 Å². The molecule has 1 atom stereocenters. The van der Waals surface area contributed by atoms with Crippen molar-refractivity contribution in [2.24, 2.45) is 5.73 Å². The average Bonchev–Trinajstić information content (AvgIpc) is 2.00. The first-order valence-electron chi connectivity index (χ1n) is 4.60. The van der Waals surface area contributed by atoms with E-state index in [-0.39, 0.29) is 0 Å². The minimum absolute atomic E-state index is 0.360. The van der Waals surface area contributed by atoms with Gasteiger partial charge in [0.2, 0.25) is 0 Å². The van der Waals surface area contributed by atoms with Crippen molar-refractivity contribution in [2.75, 3.05) is 32.1 Å². The molecule has 0 aromatic carbocycles. The molecule has 0 aromatic heterocycles. The van der Waals surface area contributed by atoms with Crippen LogP contribution in [0.4, 0.5) is 0 Å². The summed E-state index contributed by atoms with van der Waals surface area (Å²) in [6, 6.07) is 0.360. The Hall–Kier alpha value is 0.270. The van der Waals surface area contributed by atoms with Gasteiger partial charge in [0.15, 0.2) is 0 Å². The van der Waals surface area contributed by atoms with E-state index >= 15 is 0 Å². The zero-order valence-electron chi connectivity index (χ0n) is 8.55. The fourth-order valence-corrected chi connectivity index (χ4v) is 1.54. The lowest BCUT2D eigenvalue weighted by Gasteiger charge is -2.16. The summed E-state index contributed by atoms with van der Waals surface area (Å²) in [5.41, 5.74) is 5.66. The molecule has 0 heterocycles. The number of hydrogen-bond donors (Lipinski definition) is 1. The van der Waals surface area contributed by atoms with Gasteiger partial charge in [-0.1, -0.05) is 0 Å². The molecule has 0 aliphatic rings. The van der Waals surface area contributed by atoms with Gasteiger partial charge in [-0.2, -0.15) is 11.8 Å². The smallest absolute Gasteiger partial charge is 0.00692 e. The van der Waals surface area contributed by atoms with Crippen LogP contribution in [0.2, 0.25) is 0 Å². The molecule has 0 saturated heterocycles. The van der Waals surface area contributed by atoms with Crippen molar-refractivity contribution in [3.63, 3.8) is 0 Å². The van der Waals surface area contributed by atoms with Crippen LogP contribution in [0.15, 0.2) is 0 Å². The molecule has 0 spiro atoms. The lowest BCUT2D eigenvalue weighted by molar-refractivity contribution is 0.341. The highest BCUT2D eigenvalue weighted by atomic mass is 32.2. The molecule has 0 aliphatic heterocycles. The number of nitrogens with two attached hydrogens (primary N) is 1. The predicted octanol–water partition coefficient (Wildman–Crippen LogP) is 1.41. The monoisotopic (exact) mass is 190 g/mol. The molecule has 0 fully saturated rings. The van der Waals surface area contributed by atoms with Gasteiger partial charge in [0.05, 0.1) is 0 Å². The zero-order chi connectivity index (χ0) is 9.40. The molecule has 0 amide bonds.